The van der Waals surface area contributed by atoms with Crippen LogP contribution in [0.4, 0.5) is 4.79 Å². The molecule has 9 nitrogen and oxygen atoms in total. The van der Waals surface area contributed by atoms with Crippen molar-refractivity contribution in [1.29, 1.82) is 0 Å². The van der Waals surface area contributed by atoms with Gasteiger partial charge in [-0.3, -0.25) is 14.4 Å². The van der Waals surface area contributed by atoms with Crippen LogP contribution in [0.5, 0.6) is 0 Å². The van der Waals surface area contributed by atoms with Crippen molar-refractivity contribution in [2.75, 3.05) is 26.7 Å². The molecule has 0 aliphatic rings. The smallest absolute Gasteiger partial charge is 0.408 e. The molecule has 0 saturated carbocycles. The Bertz CT molecular complexity index is 827. The van der Waals surface area contributed by atoms with Gasteiger partial charge in [0.15, 0.2) is 0 Å². The summed E-state index contributed by atoms with van der Waals surface area (Å²) in [6.45, 7) is 10.5. The minimum absolute atomic E-state index is 0.301. The lowest BCUT2D eigenvalue weighted by Crippen LogP contribution is -2.49. The number of benzene rings is 1. The van der Waals surface area contributed by atoms with Crippen LogP contribution in [-0.2, 0) is 23.9 Å². The molecule has 2 N–H and O–H groups in total. The normalized spacial score (nSPS) is 11.8. The third kappa shape index (κ3) is 9.11. The van der Waals surface area contributed by atoms with Gasteiger partial charge >= 0.3 is 12.1 Å². The van der Waals surface area contributed by atoms with E-state index in [1.54, 1.807) is 20.8 Å². The Labute approximate surface area is 196 Å². The molecule has 0 spiro atoms. The number of hydrogen-bond donors (Lipinski definition) is 2. The van der Waals surface area contributed by atoms with E-state index in [2.05, 4.69) is 15.4 Å². The second kappa shape index (κ2) is 12.8. The molecule has 0 bridgehead atoms. The van der Waals surface area contributed by atoms with Crippen molar-refractivity contribution >= 4 is 23.9 Å². The highest BCUT2D eigenvalue weighted by Crippen LogP contribution is 2.28. The number of amides is 3. The third-order valence-corrected chi connectivity index (χ3v) is 4.87. The molecule has 0 aliphatic heterocycles. The fourth-order valence-electron chi connectivity index (χ4n) is 3.31. The Morgan fingerprint density at radius 2 is 1.64 bits per heavy atom. The van der Waals surface area contributed by atoms with Crippen LogP contribution < -0.4 is 10.6 Å². The van der Waals surface area contributed by atoms with Gasteiger partial charge in [-0.25, -0.2) is 4.79 Å². The van der Waals surface area contributed by atoms with Gasteiger partial charge in [0.2, 0.25) is 11.8 Å². The van der Waals surface area contributed by atoms with Crippen LogP contribution in [0.2, 0.25) is 0 Å². The quantitative estimate of drug-likeness (QED) is 0.516. The summed E-state index contributed by atoms with van der Waals surface area (Å²) in [5.74, 6) is -1.53. The second-order valence-electron chi connectivity index (χ2n) is 8.80. The Kier molecular flexibility index (Phi) is 10.8. The summed E-state index contributed by atoms with van der Waals surface area (Å²) in [6.07, 6.45) is 0.737. The second-order valence-corrected chi connectivity index (χ2v) is 8.80. The Hall–Kier alpha value is -3.10. The standard InChI is InChI=1S/C24H37N3O6/c1-8-9-13-27(18(28)14-26-23(31)33-24(4,5)6)21(22(30)25-15-19(29)32-7)20-16(2)11-10-12-17(20)3/h10-12,21H,8-9,13-15H2,1-7H3,(H,25,30)(H,26,31). The average molecular weight is 464 g/mol. The molecule has 3 amide bonds. The molecule has 0 aliphatic carbocycles. The van der Waals surface area contributed by atoms with Gasteiger partial charge in [0.25, 0.3) is 0 Å². The van der Waals surface area contributed by atoms with Gasteiger partial charge in [-0.1, -0.05) is 31.5 Å². The van der Waals surface area contributed by atoms with E-state index in [9.17, 15) is 19.2 Å². The Morgan fingerprint density at radius 3 is 2.15 bits per heavy atom. The number of carbonyl (C=O) groups excluding carboxylic acids is 4. The number of esters is 1. The van der Waals surface area contributed by atoms with E-state index < -0.39 is 35.5 Å². The number of unbranched alkanes of at least 4 members (excludes halogenated alkanes) is 1. The lowest BCUT2D eigenvalue weighted by Gasteiger charge is -2.33. The molecular weight excluding hydrogens is 426 g/mol. The fourth-order valence-corrected chi connectivity index (χ4v) is 3.31. The molecule has 0 fully saturated rings. The summed E-state index contributed by atoms with van der Waals surface area (Å²) < 4.78 is 9.82. The Balaban J connectivity index is 3.28. The number of nitrogens with one attached hydrogen (secondary N) is 2. The zero-order valence-electron chi connectivity index (χ0n) is 20.7. The maximum absolute atomic E-state index is 13.3. The average Bonchev–Trinajstić information content (AvgIpc) is 2.73. The van der Waals surface area contributed by atoms with Gasteiger partial charge < -0.3 is 25.0 Å². The number of aryl methyl sites for hydroxylation is 2. The van der Waals surface area contributed by atoms with Crippen molar-refractivity contribution in [2.24, 2.45) is 0 Å². The molecule has 1 aromatic carbocycles. The van der Waals surface area contributed by atoms with E-state index >= 15 is 0 Å². The topological polar surface area (TPSA) is 114 Å². The molecule has 0 aromatic heterocycles. The first-order valence-corrected chi connectivity index (χ1v) is 11.1. The first kappa shape index (κ1) is 27.9. The van der Waals surface area contributed by atoms with E-state index in [4.69, 9.17) is 4.74 Å². The number of carbonyl (C=O) groups is 4. The predicted octanol–water partition coefficient (Wildman–Crippen LogP) is 2.79. The number of nitrogens with zero attached hydrogens (tertiary/aromatic N) is 1. The highest BCUT2D eigenvalue weighted by atomic mass is 16.6. The molecule has 0 radical (unpaired) electrons. The van der Waals surface area contributed by atoms with Crippen molar-refractivity contribution in [1.82, 2.24) is 15.5 Å². The zero-order chi connectivity index (χ0) is 25.2. The van der Waals surface area contributed by atoms with Crippen LogP contribution in [-0.4, -0.2) is 61.1 Å². The van der Waals surface area contributed by atoms with Crippen LogP contribution >= 0.6 is 0 Å². The summed E-state index contributed by atoms with van der Waals surface area (Å²) in [7, 11) is 1.23. The van der Waals surface area contributed by atoms with Crippen molar-refractivity contribution < 1.29 is 28.7 Å². The summed E-state index contributed by atoms with van der Waals surface area (Å²) >= 11 is 0. The maximum atomic E-state index is 13.3. The van der Waals surface area contributed by atoms with Gasteiger partial charge in [-0.2, -0.15) is 0 Å². The van der Waals surface area contributed by atoms with Crippen LogP contribution in [0.15, 0.2) is 18.2 Å². The molecular formula is C24H37N3O6. The van der Waals surface area contributed by atoms with E-state index in [1.807, 2.05) is 39.0 Å². The van der Waals surface area contributed by atoms with Crippen molar-refractivity contribution in [3.63, 3.8) is 0 Å². The molecule has 1 atom stereocenters. The summed E-state index contributed by atoms with van der Waals surface area (Å²) in [5, 5.41) is 5.05. The number of rotatable bonds is 10. The molecule has 0 saturated heterocycles. The van der Waals surface area contributed by atoms with Gasteiger partial charge in [-0.05, 0) is 57.7 Å². The van der Waals surface area contributed by atoms with E-state index in [0.29, 0.717) is 18.5 Å². The summed E-state index contributed by atoms with van der Waals surface area (Å²) in [5.41, 5.74) is 1.65. The van der Waals surface area contributed by atoms with E-state index in [0.717, 1.165) is 17.5 Å². The van der Waals surface area contributed by atoms with E-state index in [1.165, 1.54) is 12.0 Å². The molecule has 9 heteroatoms. The van der Waals surface area contributed by atoms with Gasteiger partial charge in [0.1, 0.15) is 24.7 Å². The monoisotopic (exact) mass is 463 g/mol. The van der Waals surface area contributed by atoms with Crippen LogP contribution in [0.3, 0.4) is 0 Å². The van der Waals surface area contributed by atoms with Crippen molar-refractivity contribution in [3.05, 3.63) is 34.9 Å². The molecule has 0 heterocycles. The number of hydrogen-bond acceptors (Lipinski definition) is 6. The van der Waals surface area contributed by atoms with Gasteiger partial charge in [0.05, 0.1) is 7.11 Å². The summed E-state index contributed by atoms with van der Waals surface area (Å²) in [4.78, 5) is 51.6. The highest BCUT2D eigenvalue weighted by Gasteiger charge is 2.33. The first-order chi connectivity index (χ1) is 15.4. The van der Waals surface area contributed by atoms with Crippen LogP contribution in [0, 0.1) is 13.8 Å². The minimum Gasteiger partial charge on any atom is -0.468 e. The molecule has 33 heavy (non-hydrogen) atoms. The third-order valence-electron chi connectivity index (χ3n) is 4.87. The van der Waals surface area contributed by atoms with E-state index in [-0.39, 0.29) is 13.1 Å². The largest absolute Gasteiger partial charge is 0.468 e. The number of methoxy groups -OCH3 is 1. The van der Waals surface area contributed by atoms with Crippen molar-refractivity contribution in [2.45, 2.75) is 66.0 Å². The summed E-state index contributed by atoms with van der Waals surface area (Å²) in [6, 6.07) is 4.63. The number of alkyl carbamates (subject to hydrolysis) is 1. The van der Waals surface area contributed by atoms with Gasteiger partial charge in [0, 0.05) is 6.54 Å². The SMILES string of the molecule is CCCCN(C(=O)CNC(=O)OC(C)(C)C)C(C(=O)NCC(=O)OC)c1c(C)cccc1C. The fraction of sp³-hybridized carbons (Fsp3) is 0.583. The lowest BCUT2D eigenvalue weighted by atomic mass is 9.94. The minimum atomic E-state index is -0.977. The molecule has 1 unspecified atom stereocenters. The van der Waals surface area contributed by atoms with Crippen LogP contribution in [0.1, 0.15) is 63.3 Å². The van der Waals surface area contributed by atoms with Crippen LogP contribution in [0.25, 0.3) is 0 Å². The Morgan fingerprint density at radius 1 is 1.03 bits per heavy atom. The highest BCUT2D eigenvalue weighted by molar-refractivity contribution is 5.92. The lowest BCUT2D eigenvalue weighted by molar-refractivity contribution is -0.143. The molecule has 1 aromatic rings. The zero-order valence-corrected chi connectivity index (χ0v) is 20.7. The van der Waals surface area contributed by atoms with Crippen molar-refractivity contribution in [3.8, 4) is 0 Å². The molecule has 1 rings (SSSR count). The maximum Gasteiger partial charge on any atom is 0.408 e. The first-order valence-electron chi connectivity index (χ1n) is 11.1. The van der Waals surface area contributed by atoms with Gasteiger partial charge in [-0.15, -0.1) is 0 Å². The predicted molar refractivity (Wildman–Crippen MR) is 125 cm³/mol. The molecule has 184 valence electrons. The number of ether oxygens (including phenoxy) is 2.